The number of anilines is 1. The molecule has 0 unspecified atom stereocenters. The van der Waals surface area contributed by atoms with Crippen LogP contribution in [-0.4, -0.2) is 46.8 Å². The third kappa shape index (κ3) is 6.80. The molecule has 1 heterocycles. The number of aromatic nitrogens is 1. The molecule has 7 nitrogen and oxygen atoms in total. The summed E-state index contributed by atoms with van der Waals surface area (Å²) < 4.78 is 36.8. The molecule has 152 valence electrons. The van der Waals surface area contributed by atoms with Crippen molar-refractivity contribution in [2.45, 2.75) is 18.8 Å². The van der Waals surface area contributed by atoms with E-state index in [1.807, 2.05) is 31.1 Å². The third-order valence-electron chi connectivity index (χ3n) is 3.98. The standard InChI is InChI=1S/C19H26FN5O2S/c1-21-19(23-11-14-7-8-22-18(9-14)25(2)3)24-12-16-10-17(20)6-5-15(16)13-28(4,26)27/h5-10H,11-13H2,1-4H3,(H2,21,23,24). The van der Waals surface area contributed by atoms with Crippen molar-refractivity contribution >= 4 is 21.6 Å². The van der Waals surface area contributed by atoms with Gasteiger partial charge in [-0.3, -0.25) is 4.99 Å². The molecule has 1 aromatic heterocycles. The minimum Gasteiger partial charge on any atom is -0.363 e. The predicted molar refractivity (Wildman–Crippen MR) is 111 cm³/mol. The number of benzene rings is 1. The summed E-state index contributed by atoms with van der Waals surface area (Å²) in [4.78, 5) is 10.4. The van der Waals surface area contributed by atoms with E-state index in [2.05, 4.69) is 20.6 Å². The molecule has 0 radical (unpaired) electrons. The number of hydrogen-bond donors (Lipinski definition) is 2. The number of aliphatic imine (C=N–C) groups is 1. The van der Waals surface area contributed by atoms with Gasteiger partial charge in [0.05, 0.1) is 5.75 Å². The van der Waals surface area contributed by atoms with Crippen molar-refractivity contribution in [3.63, 3.8) is 0 Å². The normalized spacial score (nSPS) is 12.0. The van der Waals surface area contributed by atoms with E-state index in [9.17, 15) is 12.8 Å². The van der Waals surface area contributed by atoms with Crippen LogP contribution in [0.1, 0.15) is 16.7 Å². The van der Waals surface area contributed by atoms with E-state index in [0.717, 1.165) is 17.6 Å². The number of pyridine rings is 1. The molecule has 1 aromatic carbocycles. The Hall–Kier alpha value is -2.68. The van der Waals surface area contributed by atoms with Crippen molar-refractivity contribution in [2.24, 2.45) is 4.99 Å². The molecule has 0 fully saturated rings. The lowest BCUT2D eigenvalue weighted by atomic mass is 10.1. The van der Waals surface area contributed by atoms with Crippen LogP contribution in [0.15, 0.2) is 41.5 Å². The van der Waals surface area contributed by atoms with E-state index in [-0.39, 0.29) is 12.3 Å². The lowest BCUT2D eigenvalue weighted by molar-refractivity contribution is 0.599. The maximum absolute atomic E-state index is 13.6. The maximum Gasteiger partial charge on any atom is 0.191 e. The smallest absolute Gasteiger partial charge is 0.191 e. The Morgan fingerprint density at radius 3 is 2.50 bits per heavy atom. The van der Waals surface area contributed by atoms with E-state index in [4.69, 9.17) is 0 Å². The molecule has 0 bridgehead atoms. The molecule has 2 N–H and O–H groups in total. The van der Waals surface area contributed by atoms with Crippen molar-refractivity contribution in [2.75, 3.05) is 32.3 Å². The molecule has 0 saturated carbocycles. The summed E-state index contributed by atoms with van der Waals surface area (Å²) in [6.45, 7) is 0.782. The molecule has 0 atom stereocenters. The monoisotopic (exact) mass is 407 g/mol. The highest BCUT2D eigenvalue weighted by atomic mass is 32.2. The summed E-state index contributed by atoms with van der Waals surface area (Å²) in [7, 11) is 2.26. The van der Waals surface area contributed by atoms with Crippen LogP contribution in [-0.2, 0) is 28.7 Å². The van der Waals surface area contributed by atoms with E-state index in [1.54, 1.807) is 13.2 Å². The van der Waals surface area contributed by atoms with Gasteiger partial charge in [-0.05, 0) is 41.0 Å². The first-order valence-electron chi connectivity index (χ1n) is 8.70. The fourth-order valence-corrected chi connectivity index (χ4v) is 3.43. The van der Waals surface area contributed by atoms with Gasteiger partial charge < -0.3 is 15.5 Å². The highest BCUT2D eigenvalue weighted by Crippen LogP contribution is 2.14. The molecule has 9 heteroatoms. The van der Waals surface area contributed by atoms with Gasteiger partial charge in [0.1, 0.15) is 11.6 Å². The van der Waals surface area contributed by atoms with Crippen LogP contribution in [0.4, 0.5) is 10.2 Å². The molecule has 28 heavy (non-hydrogen) atoms. The van der Waals surface area contributed by atoms with Crippen LogP contribution in [0.25, 0.3) is 0 Å². The Labute approximate surface area is 165 Å². The maximum atomic E-state index is 13.6. The number of rotatable bonds is 7. The first-order valence-corrected chi connectivity index (χ1v) is 10.8. The van der Waals surface area contributed by atoms with Crippen LogP contribution in [0.3, 0.4) is 0 Å². The number of sulfone groups is 1. The topological polar surface area (TPSA) is 86.7 Å². The van der Waals surface area contributed by atoms with Crippen molar-refractivity contribution in [3.05, 3.63) is 59.0 Å². The fraction of sp³-hybridized carbons (Fsp3) is 0.368. The van der Waals surface area contributed by atoms with Gasteiger partial charge in [0, 0.05) is 46.7 Å². The third-order valence-corrected chi connectivity index (χ3v) is 4.82. The predicted octanol–water partition coefficient (Wildman–Crippen LogP) is 1.70. The summed E-state index contributed by atoms with van der Waals surface area (Å²) in [6.07, 6.45) is 2.90. The van der Waals surface area contributed by atoms with Gasteiger partial charge in [-0.25, -0.2) is 17.8 Å². The summed E-state index contributed by atoms with van der Waals surface area (Å²) in [5.41, 5.74) is 2.17. The van der Waals surface area contributed by atoms with E-state index < -0.39 is 15.7 Å². The molecule has 2 aromatic rings. The van der Waals surface area contributed by atoms with E-state index in [0.29, 0.717) is 23.6 Å². The SMILES string of the molecule is CN=C(NCc1ccnc(N(C)C)c1)NCc1cc(F)ccc1CS(C)(=O)=O. The van der Waals surface area contributed by atoms with Crippen molar-refractivity contribution in [1.82, 2.24) is 15.6 Å². The van der Waals surface area contributed by atoms with Crippen LogP contribution in [0.5, 0.6) is 0 Å². The molecule has 0 aliphatic heterocycles. The van der Waals surface area contributed by atoms with Gasteiger partial charge in [-0.15, -0.1) is 0 Å². The van der Waals surface area contributed by atoms with Crippen LogP contribution < -0.4 is 15.5 Å². The number of guanidine groups is 1. The van der Waals surface area contributed by atoms with Crippen molar-refractivity contribution < 1.29 is 12.8 Å². The summed E-state index contributed by atoms with van der Waals surface area (Å²) in [5.74, 6) is 0.830. The summed E-state index contributed by atoms with van der Waals surface area (Å²) in [5, 5.41) is 6.28. The van der Waals surface area contributed by atoms with Gasteiger partial charge in [0.25, 0.3) is 0 Å². The van der Waals surface area contributed by atoms with Crippen molar-refractivity contribution in [1.29, 1.82) is 0 Å². The molecular formula is C19H26FN5O2S. The zero-order valence-corrected chi connectivity index (χ0v) is 17.3. The second-order valence-electron chi connectivity index (χ2n) is 6.68. The van der Waals surface area contributed by atoms with E-state index in [1.165, 1.54) is 18.2 Å². The second kappa shape index (κ2) is 9.50. The Kier molecular flexibility index (Phi) is 7.33. The summed E-state index contributed by atoms with van der Waals surface area (Å²) >= 11 is 0. The van der Waals surface area contributed by atoms with Crippen LogP contribution in [0.2, 0.25) is 0 Å². The number of hydrogen-bond acceptors (Lipinski definition) is 5. The first kappa shape index (κ1) is 21.6. The number of nitrogens with one attached hydrogen (secondary N) is 2. The Bertz CT molecular complexity index is 945. The largest absolute Gasteiger partial charge is 0.363 e. The van der Waals surface area contributed by atoms with Crippen molar-refractivity contribution in [3.8, 4) is 0 Å². The molecule has 0 amide bonds. The van der Waals surface area contributed by atoms with Gasteiger partial charge >= 0.3 is 0 Å². The first-order chi connectivity index (χ1) is 13.2. The lowest BCUT2D eigenvalue weighted by Crippen LogP contribution is -2.36. The molecule has 0 aliphatic rings. The number of halogens is 1. The molecule has 2 rings (SSSR count). The summed E-state index contributed by atoms with van der Waals surface area (Å²) in [6, 6.07) is 7.99. The van der Waals surface area contributed by atoms with Gasteiger partial charge in [-0.1, -0.05) is 6.07 Å². The highest BCUT2D eigenvalue weighted by Gasteiger charge is 2.11. The highest BCUT2D eigenvalue weighted by molar-refractivity contribution is 7.89. The molecular weight excluding hydrogens is 381 g/mol. The quantitative estimate of drug-likeness (QED) is 0.537. The van der Waals surface area contributed by atoms with Crippen LogP contribution in [0, 0.1) is 5.82 Å². The minimum absolute atomic E-state index is 0.138. The molecule has 0 aliphatic carbocycles. The molecule has 0 saturated heterocycles. The Morgan fingerprint density at radius 1 is 1.14 bits per heavy atom. The van der Waals surface area contributed by atoms with Gasteiger partial charge in [0.15, 0.2) is 15.8 Å². The average Bonchev–Trinajstić information content (AvgIpc) is 2.63. The fourth-order valence-electron chi connectivity index (χ4n) is 2.58. The van der Waals surface area contributed by atoms with Gasteiger partial charge in [0.2, 0.25) is 0 Å². The Balaban J connectivity index is 2.03. The minimum atomic E-state index is -3.22. The zero-order chi connectivity index (χ0) is 20.7. The lowest BCUT2D eigenvalue weighted by Gasteiger charge is -2.15. The van der Waals surface area contributed by atoms with E-state index >= 15 is 0 Å². The van der Waals surface area contributed by atoms with Crippen LogP contribution >= 0.6 is 0 Å². The zero-order valence-electron chi connectivity index (χ0n) is 16.5. The number of nitrogens with zero attached hydrogens (tertiary/aromatic N) is 3. The van der Waals surface area contributed by atoms with Gasteiger partial charge in [-0.2, -0.15) is 0 Å². The average molecular weight is 408 g/mol. The molecule has 0 spiro atoms. The second-order valence-corrected chi connectivity index (χ2v) is 8.82. The Morgan fingerprint density at radius 2 is 1.86 bits per heavy atom.